The molecule has 0 bridgehead atoms. The molecule has 3 aromatic rings. The van der Waals surface area contributed by atoms with E-state index in [1.54, 1.807) is 65.1 Å². The van der Waals surface area contributed by atoms with Crippen molar-refractivity contribution in [2.45, 2.75) is 114 Å². The van der Waals surface area contributed by atoms with Crippen molar-refractivity contribution in [3.8, 4) is 17.4 Å². The highest BCUT2D eigenvalue weighted by Crippen LogP contribution is 2.39. The Bertz CT molecular complexity index is 1570. The molecule has 5 rings (SSSR count). The highest BCUT2D eigenvalue weighted by molar-refractivity contribution is 5.76. The quantitative estimate of drug-likeness (QED) is 0.204. The number of hydrogen-bond acceptors (Lipinski definition) is 12. The maximum Gasteiger partial charge on any atom is 0.387 e. The molecule has 2 aliphatic rings. The van der Waals surface area contributed by atoms with Gasteiger partial charge in [0.05, 0.1) is 11.8 Å². The van der Waals surface area contributed by atoms with Gasteiger partial charge in [-0.3, -0.25) is 4.98 Å². The van der Waals surface area contributed by atoms with E-state index < -0.39 is 54.5 Å². The van der Waals surface area contributed by atoms with Crippen LogP contribution in [0.3, 0.4) is 0 Å². The lowest BCUT2D eigenvalue weighted by atomic mass is 9.86. The van der Waals surface area contributed by atoms with E-state index >= 15 is 0 Å². The highest BCUT2D eigenvalue weighted by atomic mass is 19.3. The van der Waals surface area contributed by atoms with Crippen LogP contribution in [-0.4, -0.2) is 85.4 Å². The summed E-state index contributed by atoms with van der Waals surface area (Å²) in [4.78, 5) is 21.4. The molecule has 1 aliphatic carbocycles. The van der Waals surface area contributed by atoms with Crippen molar-refractivity contribution in [2.24, 2.45) is 0 Å². The number of rotatable bonds is 12. The molecule has 0 amide bonds. The summed E-state index contributed by atoms with van der Waals surface area (Å²) in [7, 11) is 0. The van der Waals surface area contributed by atoms with Gasteiger partial charge in [-0.1, -0.05) is 18.2 Å². The highest BCUT2D eigenvalue weighted by Gasteiger charge is 2.49. The summed E-state index contributed by atoms with van der Waals surface area (Å²) in [5, 5.41) is 41.7. The minimum Gasteiger partial charge on any atom is -0.487 e. The van der Waals surface area contributed by atoms with Crippen molar-refractivity contribution in [2.75, 3.05) is 0 Å². The van der Waals surface area contributed by atoms with Crippen LogP contribution in [0.25, 0.3) is 0 Å². The molecule has 0 unspecified atom stereocenters. The minimum absolute atomic E-state index is 0.000644. The summed E-state index contributed by atoms with van der Waals surface area (Å²) in [6.07, 6.45) is -3.30. The molecule has 1 aromatic carbocycles. The Morgan fingerprint density at radius 3 is 2.18 bits per heavy atom. The number of aliphatic hydroxyl groups is 4. The van der Waals surface area contributed by atoms with Gasteiger partial charge in [0.2, 0.25) is 12.2 Å². The number of halogens is 2. The first-order chi connectivity index (χ1) is 23.0. The fourth-order valence-electron chi connectivity index (χ4n) is 5.25. The number of aromatic nitrogens is 2. The van der Waals surface area contributed by atoms with Crippen LogP contribution >= 0.6 is 0 Å². The number of esters is 1. The Morgan fingerprint density at radius 1 is 0.898 bits per heavy atom. The van der Waals surface area contributed by atoms with Gasteiger partial charge in [-0.25, -0.2) is 9.78 Å². The number of nitrogens with zero attached hydrogens (tertiary/aromatic N) is 2. The summed E-state index contributed by atoms with van der Waals surface area (Å²) < 4.78 is 53.5. The zero-order valence-corrected chi connectivity index (χ0v) is 27.8. The average Bonchev–Trinajstić information content (AvgIpc) is 3.84. The van der Waals surface area contributed by atoms with Crippen LogP contribution < -0.4 is 14.2 Å². The van der Waals surface area contributed by atoms with Crippen molar-refractivity contribution in [1.29, 1.82) is 0 Å². The second-order valence-corrected chi connectivity index (χ2v) is 13.7. The van der Waals surface area contributed by atoms with E-state index in [1.807, 2.05) is 6.07 Å². The van der Waals surface area contributed by atoms with Crippen molar-refractivity contribution >= 4 is 5.97 Å². The lowest BCUT2D eigenvalue weighted by Crippen LogP contribution is -2.61. The predicted molar refractivity (Wildman–Crippen MR) is 169 cm³/mol. The zero-order valence-electron chi connectivity index (χ0n) is 27.8. The number of aliphatic hydroxyl groups excluding tert-OH is 3. The second kappa shape index (κ2) is 14.5. The summed E-state index contributed by atoms with van der Waals surface area (Å²) >= 11 is 0. The smallest absolute Gasteiger partial charge is 0.387 e. The van der Waals surface area contributed by atoms with E-state index in [4.69, 9.17) is 23.7 Å². The largest absolute Gasteiger partial charge is 0.487 e. The number of pyridine rings is 2. The first-order valence-corrected chi connectivity index (χ1v) is 16.0. The number of hydrogen-bond donors (Lipinski definition) is 4. The molecule has 2 fully saturated rings. The lowest BCUT2D eigenvalue weighted by molar-refractivity contribution is -0.275. The van der Waals surface area contributed by atoms with E-state index in [0.29, 0.717) is 12.1 Å². The Balaban J connectivity index is 1.38. The molecule has 266 valence electrons. The van der Waals surface area contributed by atoms with Crippen molar-refractivity contribution in [3.05, 3.63) is 77.2 Å². The monoisotopic (exact) mass is 688 g/mol. The molecule has 4 N–H and O–H groups in total. The number of alkyl halides is 2. The average molecular weight is 689 g/mol. The van der Waals surface area contributed by atoms with Gasteiger partial charge >= 0.3 is 12.6 Å². The van der Waals surface area contributed by atoms with E-state index in [-0.39, 0.29) is 29.4 Å². The molecular formula is C35H42F2N2O10. The second-order valence-electron chi connectivity index (χ2n) is 13.7. The van der Waals surface area contributed by atoms with Gasteiger partial charge < -0.3 is 44.1 Å². The Morgan fingerprint density at radius 2 is 1.61 bits per heavy atom. The minimum atomic E-state index is -3.02. The zero-order chi connectivity index (χ0) is 35.7. The van der Waals surface area contributed by atoms with Crippen LogP contribution in [0, 0.1) is 0 Å². The van der Waals surface area contributed by atoms with Crippen LogP contribution in [0.4, 0.5) is 8.78 Å². The topological polar surface area (TPSA) is 170 Å². The van der Waals surface area contributed by atoms with Crippen LogP contribution in [0.5, 0.6) is 17.4 Å². The summed E-state index contributed by atoms with van der Waals surface area (Å²) in [5.41, 5.74) is 0.643. The van der Waals surface area contributed by atoms with E-state index in [2.05, 4.69) is 9.97 Å². The predicted octanol–water partition coefficient (Wildman–Crippen LogP) is 3.75. The van der Waals surface area contributed by atoms with Gasteiger partial charge in [0.1, 0.15) is 29.5 Å². The van der Waals surface area contributed by atoms with Crippen molar-refractivity contribution in [1.82, 2.24) is 9.97 Å². The molecule has 1 saturated carbocycles. The molecule has 1 aliphatic heterocycles. The molecule has 14 heteroatoms. The van der Waals surface area contributed by atoms with Gasteiger partial charge in [0.25, 0.3) is 0 Å². The first kappa shape index (κ1) is 36.3. The van der Waals surface area contributed by atoms with Crippen molar-refractivity contribution in [3.63, 3.8) is 0 Å². The Labute approximate surface area is 282 Å². The third-order valence-corrected chi connectivity index (χ3v) is 7.90. The maximum absolute atomic E-state index is 13.2. The molecule has 0 radical (unpaired) electrons. The Hall–Kier alpha value is -3.95. The summed E-state index contributed by atoms with van der Waals surface area (Å²) in [5.74, 6) is -1.16. The van der Waals surface area contributed by atoms with E-state index in [1.165, 1.54) is 18.3 Å². The number of carbonyl (C=O) groups is 1. The normalized spacial score (nSPS) is 23.6. The molecule has 49 heavy (non-hydrogen) atoms. The van der Waals surface area contributed by atoms with Crippen LogP contribution in [0.2, 0.25) is 0 Å². The summed E-state index contributed by atoms with van der Waals surface area (Å²) in [6, 6.07) is 11.6. The molecule has 0 spiro atoms. The summed E-state index contributed by atoms with van der Waals surface area (Å²) in [6.45, 7) is 5.13. The third kappa shape index (κ3) is 9.40. The van der Waals surface area contributed by atoms with Gasteiger partial charge in [-0.05, 0) is 88.8 Å². The molecule has 12 nitrogen and oxygen atoms in total. The Kier molecular flexibility index (Phi) is 10.7. The molecular weight excluding hydrogens is 646 g/mol. The molecule has 3 heterocycles. The fourth-order valence-corrected chi connectivity index (χ4v) is 5.25. The van der Waals surface area contributed by atoms with Crippen LogP contribution in [0.1, 0.15) is 75.8 Å². The third-order valence-electron chi connectivity index (χ3n) is 7.90. The van der Waals surface area contributed by atoms with Gasteiger partial charge in [-0.2, -0.15) is 8.78 Å². The standard InChI is InChI=1S/C35H42F2N2O10/c1-34(2,3)49-31(43)30-28(41)27(40)29(42)32(48-30)47-26-13-6-18(16-39-26)14-22(20-8-12-25(38-17-20)35(4,5)44)19-7-11-23(46-33(36)37)24(15-19)45-21-9-10-21/h6-8,11-13,15-17,21-22,27-30,32-33,40-42,44H,9-10,14H2,1-5H3/t22-,27-,28-,29+,30-,32+/m0/s1. The van der Waals surface area contributed by atoms with Crippen LogP contribution in [-0.2, 0) is 26.3 Å². The van der Waals surface area contributed by atoms with Gasteiger partial charge in [0, 0.05) is 24.4 Å². The maximum atomic E-state index is 13.2. The molecule has 2 aromatic heterocycles. The molecule has 1 saturated heterocycles. The number of ether oxygens (including phenoxy) is 5. The number of benzene rings is 1. The first-order valence-electron chi connectivity index (χ1n) is 16.0. The molecule has 6 atom stereocenters. The van der Waals surface area contributed by atoms with Gasteiger partial charge in [0.15, 0.2) is 17.6 Å². The number of carbonyl (C=O) groups excluding carboxylic acids is 1. The van der Waals surface area contributed by atoms with Crippen molar-refractivity contribution < 1.29 is 57.7 Å². The fraction of sp³-hybridized carbons (Fsp3) is 0.514. The van der Waals surface area contributed by atoms with Crippen LogP contribution in [0.15, 0.2) is 54.9 Å². The van der Waals surface area contributed by atoms with E-state index in [9.17, 15) is 34.0 Å². The van der Waals surface area contributed by atoms with Gasteiger partial charge in [-0.15, -0.1) is 0 Å². The SMILES string of the molecule is CC(C)(C)OC(=O)[C@H]1O[C@@H](Oc2ccc(C[C@H](c3ccc(C(C)(C)O)nc3)c3ccc(OC(F)F)c(OC4CC4)c3)cn2)[C@H](O)[C@@H](O)[C@@H]1O. The lowest BCUT2D eigenvalue weighted by Gasteiger charge is -2.39. The van der Waals surface area contributed by atoms with E-state index in [0.717, 1.165) is 29.5 Å².